The molecule has 1 unspecified atom stereocenters. The smallest absolute Gasteiger partial charge is 0.313 e. The summed E-state index contributed by atoms with van der Waals surface area (Å²) in [5, 5.41) is 0. The van der Waals surface area contributed by atoms with Gasteiger partial charge in [0.25, 0.3) is 0 Å². The Kier molecular flexibility index (Phi) is 5.20. The van der Waals surface area contributed by atoms with Crippen molar-refractivity contribution in [1.82, 2.24) is 0 Å². The van der Waals surface area contributed by atoms with E-state index < -0.39 is 0 Å². The van der Waals surface area contributed by atoms with Gasteiger partial charge in [-0.15, -0.1) is 0 Å². The highest BCUT2D eigenvalue weighted by Gasteiger charge is 2.23. The molecule has 1 atom stereocenters. The van der Waals surface area contributed by atoms with Crippen LogP contribution in [0.25, 0.3) is 0 Å². The van der Waals surface area contributed by atoms with Gasteiger partial charge in [0.1, 0.15) is 5.75 Å². The number of benzene rings is 1. The number of hydrogen-bond donors (Lipinski definition) is 0. The molecule has 0 spiro atoms. The summed E-state index contributed by atoms with van der Waals surface area (Å²) in [6.45, 7) is 6.19. The van der Waals surface area contributed by atoms with Crippen molar-refractivity contribution in [2.75, 3.05) is 14.2 Å². The van der Waals surface area contributed by atoms with E-state index in [1.54, 1.807) is 7.11 Å². The van der Waals surface area contributed by atoms with Crippen molar-refractivity contribution in [2.45, 2.75) is 33.1 Å². The van der Waals surface area contributed by atoms with Crippen LogP contribution in [0.3, 0.4) is 0 Å². The van der Waals surface area contributed by atoms with Crippen LogP contribution in [0.15, 0.2) is 18.2 Å². The predicted molar refractivity (Wildman–Crippen MR) is 71.9 cm³/mol. The Labute approximate surface area is 109 Å². The van der Waals surface area contributed by atoms with E-state index in [4.69, 9.17) is 9.47 Å². The molecular formula is C15H22O3. The van der Waals surface area contributed by atoms with Crippen LogP contribution in [-0.2, 0) is 9.53 Å². The Hall–Kier alpha value is -1.51. The molecule has 0 bridgehead atoms. The van der Waals surface area contributed by atoms with Crippen LogP contribution in [0.2, 0.25) is 0 Å². The van der Waals surface area contributed by atoms with E-state index >= 15 is 0 Å². The fraction of sp³-hybridized carbons (Fsp3) is 0.533. The maximum atomic E-state index is 11.9. The average Bonchev–Trinajstić information content (AvgIpc) is 2.34. The van der Waals surface area contributed by atoms with Crippen molar-refractivity contribution < 1.29 is 14.3 Å². The number of carbonyl (C=O) groups is 1. The molecule has 3 nitrogen and oxygen atoms in total. The van der Waals surface area contributed by atoms with Crippen LogP contribution in [-0.4, -0.2) is 20.2 Å². The zero-order valence-electron chi connectivity index (χ0n) is 11.8. The van der Waals surface area contributed by atoms with Crippen LogP contribution in [0.1, 0.15) is 37.3 Å². The molecule has 0 aliphatic rings. The second kappa shape index (κ2) is 6.43. The quantitative estimate of drug-likeness (QED) is 0.752. The summed E-state index contributed by atoms with van der Waals surface area (Å²) in [6.07, 6.45) is 0.790. The first-order chi connectivity index (χ1) is 8.49. The van der Waals surface area contributed by atoms with E-state index in [9.17, 15) is 4.79 Å². The lowest BCUT2D eigenvalue weighted by atomic mass is 9.89. The highest BCUT2D eigenvalue weighted by Crippen LogP contribution is 2.28. The van der Waals surface area contributed by atoms with E-state index in [1.165, 1.54) is 7.11 Å². The van der Waals surface area contributed by atoms with Gasteiger partial charge in [-0.1, -0.05) is 26.0 Å². The van der Waals surface area contributed by atoms with Gasteiger partial charge < -0.3 is 9.47 Å². The molecule has 0 saturated heterocycles. The van der Waals surface area contributed by atoms with Crippen molar-refractivity contribution >= 4 is 5.97 Å². The molecule has 0 radical (unpaired) electrons. The summed E-state index contributed by atoms with van der Waals surface area (Å²) in [4.78, 5) is 11.9. The predicted octanol–water partition coefficient (Wildman–Crippen LogP) is 3.31. The lowest BCUT2D eigenvalue weighted by Gasteiger charge is -2.18. The Balaban J connectivity index is 3.05. The first-order valence-electron chi connectivity index (χ1n) is 6.22. The van der Waals surface area contributed by atoms with Gasteiger partial charge >= 0.3 is 5.97 Å². The fourth-order valence-electron chi connectivity index (χ4n) is 2.10. The molecule has 1 aromatic rings. The molecule has 0 saturated carbocycles. The second-order valence-electron chi connectivity index (χ2n) is 4.93. The van der Waals surface area contributed by atoms with Gasteiger partial charge in [-0.05, 0) is 36.5 Å². The maximum Gasteiger partial charge on any atom is 0.313 e. The average molecular weight is 250 g/mol. The third-order valence-electron chi connectivity index (χ3n) is 3.01. The summed E-state index contributed by atoms with van der Waals surface area (Å²) in [5.74, 6) is 0.913. The van der Waals surface area contributed by atoms with Crippen molar-refractivity contribution in [1.29, 1.82) is 0 Å². The van der Waals surface area contributed by atoms with Gasteiger partial charge in [-0.3, -0.25) is 4.79 Å². The molecular weight excluding hydrogens is 228 g/mol. The first kappa shape index (κ1) is 14.6. The maximum absolute atomic E-state index is 11.9. The molecule has 0 heterocycles. The minimum Gasteiger partial charge on any atom is -0.496 e. The van der Waals surface area contributed by atoms with Crippen LogP contribution >= 0.6 is 0 Å². The highest BCUT2D eigenvalue weighted by atomic mass is 16.5. The van der Waals surface area contributed by atoms with Gasteiger partial charge in [0, 0.05) is 0 Å². The molecule has 0 fully saturated rings. The molecule has 0 N–H and O–H groups in total. The van der Waals surface area contributed by atoms with Crippen LogP contribution in [0.4, 0.5) is 0 Å². The number of esters is 1. The monoisotopic (exact) mass is 250 g/mol. The number of ether oxygens (including phenoxy) is 2. The van der Waals surface area contributed by atoms with Gasteiger partial charge in [0.05, 0.1) is 20.1 Å². The van der Waals surface area contributed by atoms with Crippen molar-refractivity contribution in [3.8, 4) is 5.75 Å². The van der Waals surface area contributed by atoms with E-state index in [1.807, 2.05) is 25.1 Å². The standard InChI is InChI=1S/C15H22O3/c1-10(2)8-13(15(16)18-5)12-6-7-14(17-4)11(3)9-12/h6-7,9-10,13H,8H2,1-5H3. The summed E-state index contributed by atoms with van der Waals surface area (Å²) in [5.41, 5.74) is 2.03. The highest BCUT2D eigenvalue weighted by molar-refractivity contribution is 5.78. The lowest BCUT2D eigenvalue weighted by molar-refractivity contribution is -0.142. The molecule has 0 aromatic heterocycles. The third-order valence-corrected chi connectivity index (χ3v) is 3.01. The van der Waals surface area contributed by atoms with Crippen molar-refractivity contribution in [2.24, 2.45) is 5.92 Å². The zero-order valence-corrected chi connectivity index (χ0v) is 11.8. The molecule has 3 heteroatoms. The fourth-order valence-corrected chi connectivity index (χ4v) is 2.10. The van der Waals surface area contributed by atoms with E-state index in [2.05, 4.69) is 13.8 Å². The first-order valence-corrected chi connectivity index (χ1v) is 6.22. The number of carbonyl (C=O) groups excluding carboxylic acids is 1. The summed E-state index contributed by atoms with van der Waals surface area (Å²) >= 11 is 0. The van der Waals surface area contributed by atoms with E-state index in [0.29, 0.717) is 5.92 Å². The summed E-state index contributed by atoms with van der Waals surface area (Å²) in [7, 11) is 3.08. The van der Waals surface area contributed by atoms with E-state index in [-0.39, 0.29) is 11.9 Å². The number of aryl methyl sites for hydroxylation is 1. The zero-order chi connectivity index (χ0) is 13.7. The molecule has 1 rings (SSSR count). The van der Waals surface area contributed by atoms with Gasteiger partial charge in [-0.25, -0.2) is 0 Å². The summed E-state index contributed by atoms with van der Waals surface area (Å²) < 4.78 is 10.1. The number of methoxy groups -OCH3 is 2. The minimum absolute atomic E-state index is 0.173. The molecule has 18 heavy (non-hydrogen) atoms. The molecule has 0 aliphatic carbocycles. The largest absolute Gasteiger partial charge is 0.496 e. The van der Waals surface area contributed by atoms with Crippen molar-refractivity contribution in [3.05, 3.63) is 29.3 Å². The SMILES string of the molecule is COC(=O)C(CC(C)C)c1ccc(OC)c(C)c1. The molecule has 0 aliphatic heterocycles. The third kappa shape index (κ3) is 3.49. The Morgan fingerprint density at radius 3 is 2.39 bits per heavy atom. The number of hydrogen-bond acceptors (Lipinski definition) is 3. The van der Waals surface area contributed by atoms with Gasteiger partial charge in [0.15, 0.2) is 0 Å². The molecule has 100 valence electrons. The molecule has 1 aromatic carbocycles. The van der Waals surface area contributed by atoms with E-state index in [0.717, 1.165) is 23.3 Å². The Morgan fingerprint density at radius 2 is 1.94 bits per heavy atom. The normalized spacial score (nSPS) is 12.3. The number of rotatable bonds is 5. The Morgan fingerprint density at radius 1 is 1.28 bits per heavy atom. The lowest BCUT2D eigenvalue weighted by Crippen LogP contribution is -2.16. The van der Waals surface area contributed by atoms with Gasteiger partial charge in [-0.2, -0.15) is 0 Å². The minimum atomic E-state index is -0.195. The topological polar surface area (TPSA) is 35.5 Å². The van der Waals surface area contributed by atoms with Crippen LogP contribution in [0.5, 0.6) is 5.75 Å². The molecule has 0 amide bonds. The van der Waals surface area contributed by atoms with Crippen LogP contribution in [0, 0.1) is 12.8 Å². The van der Waals surface area contributed by atoms with Gasteiger partial charge in [0.2, 0.25) is 0 Å². The Bertz CT molecular complexity index is 410. The van der Waals surface area contributed by atoms with Crippen molar-refractivity contribution in [3.63, 3.8) is 0 Å². The summed E-state index contributed by atoms with van der Waals surface area (Å²) in [6, 6.07) is 5.85. The van der Waals surface area contributed by atoms with Crippen LogP contribution < -0.4 is 4.74 Å². The second-order valence-corrected chi connectivity index (χ2v) is 4.93.